The number of carbonyl (C=O) groups excluding carboxylic acids is 1. The quantitative estimate of drug-likeness (QED) is 0.573. The fourth-order valence-electron chi connectivity index (χ4n) is 1.43. The summed E-state index contributed by atoms with van der Waals surface area (Å²) in [5, 5.41) is 0. The van der Waals surface area contributed by atoms with E-state index in [1.165, 1.54) is 24.3 Å². The molecule has 0 radical (unpaired) electrons. The fourth-order valence-corrected chi connectivity index (χ4v) is 1.43. The zero-order valence-electron chi connectivity index (χ0n) is 9.48. The van der Waals surface area contributed by atoms with E-state index in [9.17, 15) is 9.18 Å². The largest absolute Gasteiger partial charge is 0.398 e. The molecule has 0 fully saturated rings. The van der Waals surface area contributed by atoms with Crippen molar-refractivity contribution in [3.63, 3.8) is 0 Å². The minimum absolute atomic E-state index is 0.334. The van der Waals surface area contributed by atoms with Crippen molar-refractivity contribution in [2.75, 3.05) is 11.2 Å². The highest BCUT2D eigenvalue weighted by atomic mass is 19.1. The average Bonchev–Trinajstić information content (AvgIpc) is 2.38. The Bertz CT molecular complexity index is 554. The first kappa shape index (κ1) is 11.9. The number of amides is 1. The number of nitrogens with two attached hydrogens (primary N) is 1. The van der Waals surface area contributed by atoms with E-state index in [0.717, 1.165) is 0 Å². The second-order valence-corrected chi connectivity index (χ2v) is 3.67. The van der Waals surface area contributed by atoms with Crippen LogP contribution in [0.2, 0.25) is 0 Å². The highest BCUT2D eigenvalue weighted by Crippen LogP contribution is 2.11. The van der Waals surface area contributed by atoms with Gasteiger partial charge in [0, 0.05) is 5.69 Å². The highest BCUT2D eigenvalue weighted by molar-refractivity contribution is 5.99. The zero-order chi connectivity index (χ0) is 13.0. The molecule has 2 aromatic carbocycles. The third-order valence-electron chi connectivity index (χ3n) is 2.37. The van der Waals surface area contributed by atoms with Crippen molar-refractivity contribution < 1.29 is 9.18 Å². The molecule has 5 heteroatoms. The van der Waals surface area contributed by atoms with Crippen molar-refractivity contribution in [1.29, 1.82) is 0 Å². The molecule has 2 rings (SSSR count). The number of hydrogen-bond acceptors (Lipinski definition) is 3. The molecule has 0 bridgehead atoms. The molecule has 0 unspecified atom stereocenters. The number of carbonyl (C=O) groups is 1. The van der Waals surface area contributed by atoms with Crippen molar-refractivity contribution in [3.05, 3.63) is 59.9 Å². The van der Waals surface area contributed by atoms with Crippen molar-refractivity contribution >= 4 is 17.3 Å². The first-order chi connectivity index (χ1) is 8.66. The van der Waals surface area contributed by atoms with Gasteiger partial charge in [-0.25, -0.2) is 4.39 Å². The number of anilines is 2. The number of halogens is 1. The maximum absolute atomic E-state index is 12.7. The monoisotopic (exact) mass is 245 g/mol. The smallest absolute Gasteiger partial charge is 0.271 e. The second kappa shape index (κ2) is 5.18. The summed E-state index contributed by atoms with van der Waals surface area (Å²) in [5.74, 6) is -0.684. The van der Waals surface area contributed by atoms with Gasteiger partial charge in [0.2, 0.25) is 0 Å². The van der Waals surface area contributed by atoms with Gasteiger partial charge in [-0.05, 0) is 36.4 Å². The molecule has 0 heterocycles. The minimum atomic E-state index is -0.350. The van der Waals surface area contributed by atoms with Gasteiger partial charge in [-0.2, -0.15) is 0 Å². The van der Waals surface area contributed by atoms with Gasteiger partial charge in [-0.3, -0.25) is 15.6 Å². The minimum Gasteiger partial charge on any atom is -0.398 e. The standard InChI is InChI=1S/C13H12FN3O/c14-9-5-7-10(8-6-9)16-17-13(18)11-3-1-2-4-12(11)15/h1-8,16H,15H2,(H,17,18). The third-order valence-corrected chi connectivity index (χ3v) is 2.37. The Labute approximate surface area is 104 Å². The van der Waals surface area contributed by atoms with E-state index in [1.807, 2.05) is 0 Å². The van der Waals surface area contributed by atoms with E-state index >= 15 is 0 Å². The van der Waals surface area contributed by atoms with Crippen LogP contribution in [0.25, 0.3) is 0 Å². The maximum Gasteiger partial charge on any atom is 0.271 e. The topological polar surface area (TPSA) is 67.2 Å². The van der Waals surface area contributed by atoms with Gasteiger partial charge in [-0.15, -0.1) is 0 Å². The summed E-state index contributed by atoms with van der Waals surface area (Å²) in [5.41, 5.74) is 12.2. The molecule has 0 aliphatic heterocycles. The van der Waals surface area contributed by atoms with Gasteiger partial charge in [0.15, 0.2) is 0 Å². The SMILES string of the molecule is Nc1ccccc1C(=O)NNc1ccc(F)cc1. The molecule has 4 nitrogen and oxygen atoms in total. The van der Waals surface area contributed by atoms with Crippen molar-refractivity contribution in [3.8, 4) is 0 Å². The van der Waals surface area contributed by atoms with Crippen LogP contribution in [0.15, 0.2) is 48.5 Å². The summed E-state index contributed by atoms with van der Waals surface area (Å²) in [6.45, 7) is 0. The molecule has 0 aliphatic carbocycles. The molecule has 18 heavy (non-hydrogen) atoms. The number of rotatable bonds is 3. The number of benzene rings is 2. The van der Waals surface area contributed by atoms with Gasteiger partial charge in [-0.1, -0.05) is 12.1 Å². The van der Waals surface area contributed by atoms with Crippen LogP contribution in [-0.4, -0.2) is 5.91 Å². The lowest BCUT2D eigenvalue weighted by Crippen LogP contribution is -2.29. The molecule has 1 amide bonds. The Morgan fingerprint density at radius 2 is 1.72 bits per heavy atom. The van der Waals surface area contributed by atoms with Crippen LogP contribution in [0.3, 0.4) is 0 Å². The summed E-state index contributed by atoms with van der Waals surface area (Å²) in [7, 11) is 0. The lowest BCUT2D eigenvalue weighted by atomic mass is 10.2. The van der Waals surface area contributed by atoms with Gasteiger partial charge in [0.25, 0.3) is 5.91 Å². The van der Waals surface area contributed by atoms with Crippen LogP contribution in [0.4, 0.5) is 15.8 Å². The van der Waals surface area contributed by atoms with Crippen LogP contribution < -0.4 is 16.6 Å². The molecule has 0 atom stereocenters. The molecule has 0 aliphatic rings. The predicted octanol–water partition coefficient (Wildman–Crippen LogP) is 2.16. The van der Waals surface area contributed by atoms with Crippen LogP contribution >= 0.6 is 0 Å². The van der Waals surface area contributed by atoms with E-state index in [-0.39, 0.29) is 11.7 Å². The van der Waals surface area contributed by atoms with Crippen molar-refractivity contribution in [2.24, 2.45) is 0 Å². The second-order valence-electron chi connectivity index (χ2n) is 3.67. The highest BCUT2D eigenvalue weighted by Gasteiger charge is 2.07. The van der Waals surface area contributed by atoms with Crippen LogP contribution in [0.1, 0.15) is 10.4 Å². The van der Waals surface area contributed by atoms with Gasteiger partial charge >= 0.3 is 0 Å². The fraction of sp³-hybridized carbons (Fsp3) is 0. The molecular weight excluding hydrogens is 233 g/mol. The van der Waals surface area contributed by atoms with Crippen LogP contribution in [-0.2, 0) is 0 Å². The van der Waals surface area contributed by atoms with Gasteiger partial charge in [0.1, 0.15) is 5.82 Å². The number of para-hydroxylation sites is 1. The van der Waals surface area contributed by atoms with Crippen molar-refractivity contribution in [1.82, 2.24) is 5.43 Å². The number of nitrogens with one attached hydrogen (secondary N) is 2. The van der Waals surface area contributed by atoms with E-state index in [2.05, 4.69) is 10.9 Å². The van der Waals surface area contributed by atoms with Gasteiger partial charge in [0.05, 0.1) is 11.3 Å². The maximum atomic E-state index is 12.7. The molecular formula is C13H12FN3O. The Morgan fingerprint density at radius 3 is 2.39 bits per heavy atom. The van der Waals surface area contributed by atoms with E-state index in [4.69, 9.17) is 5.73 Å². The Hall–Kier alpha value is -2.56. The number of hydrazine groups is 1. The summed E-state index contributed by atoms with van der Waals surface area (Å²) in [6.07, 6.45) is 0. The normalized spacial score (nSPS) is 9.83. The molecule has 0 saturated carbocycles. The number of hydrogen-bond donors (Lipinski definition) is 3. The van der Waals surface area contributed by atoms with Crippen molar-refractivity contribution in [2.45, 2.75) is 0 Å². The first-order valence-electron chi connectivity index (χ1n) is 5.33. The summed E-state index contributed by atoms with van der Waals surface area (Å²) in [4.78, 5) is 11.8. The Morgan fingerprint density at radius 1 is 1.06 bits per heavy atom. The lowest BCUT2D eigenvalue weighted by Gasteiger charge is -2.09. The van der Waals surface area contributed by atoms with Gasteiger partial charge < -0.3 is 5.73 Å². The predicted molar refractivity (Wildman–Crippen MR) is 68.3 cm³/mol. The van der Waals surface area contributed by atoms with E-state index < -0.39 is 0 Å². The zero-order valence-corrected chi connectivity index (χ0v) is 9.48. The molecule has 0 spiro atoms. The summed E-state index contributed by atoms with van der Waals surface area (Å²) in [6, 6.07) is 12.4. The first-order valence-corrected chi connectivity index (χ1v) is 5.33. The van der Waals surface area contributed by atoms with E-state index in [0.29, 0.717) is 16.9 Å². The lowest BCUT2D eigenvalue weighted by molar-refractivity contribution is 0.0963. The summed E-state index contributed by atoms with van der Waals surface area (Å²) >= 11 is 0. The molecule has 2 aromatic rings. The summed E-state index contributed by atoms with van der Waals surface area (Å²) < 4.78 is 12.7. The molecule has 0 aromatic heterocycles. The average molecular weight is 245 g/mol. The van der Waals surface area contributed by atoms with E-state index in [1.54, 1.807) is 24.3 Å². The Balaban J connectivity index is 2.01. The van der Waals surface area contributed by atoms with Crippen LogP contribution in [0.5, 0.6) is 0 Å². The van der Waals surface area contributed by atoms with Crippen LogP contribution in [0, 0.1) is 5.82 Å². The Kier molecular flexibility index (Phi) is 3.43. The number of nitrogen functional groups attached to an aromatic ring is 1. The molecule has 92 valence electrons. The molecule has 4 N–H and O–H groups in total. The molecule has 0 saturated heterocycles. The third kappa shape index (κ3) is 2.76.